The summed E-state index contributed by atoms with van der Waals surface area (Å²) in [6.07, 6.45) is 1.84. The van der Waals surface area contributed by atoms with Crippen LogP contribution in [0.3, 0.4) is 0 Å². The molecule has 3 nitrogen and oxygen atoms in total. The van der Waals surface area contributed by atoms with Crippen LogP contribution in [0.2, 0.25) is 5.02 Å². The molecule has 1 heterocycles. The molecule has 0 saturated carbocycles. The Morgan fingerprint density at radius 3 is 2.50 bits per heavy atom. The first-order valence-corrected chi connectivity index (χ1v) is 10.9. The van der Waals surface area contributed by atoms with E-state index in [1.54, 1.807) is 6.07 Å². The Balaban J connectivity index is 1.47. The van der Waals surface area contributed by atoms with Gasteiger partial charge in [-0.15, -0.1) is 0 Å². The molecule has 0 spiro atoms. The van der Waals surface area contributed by atoms with Crippen molar-refractivity contribution >= 4 is 57.6 Å². The van der Waals surface area contributed by atoms with Crippen LogP contribution < -0.4 is 9.64 Å². The minimum absolute atomic E-state index is 0.144. The number of hydrogen-bond acceptors (Lipinski definition) is 4. The number of rotatable bonds is 5. The number of carbonyl (C=O) groups excluding carboxylic acids is 1. The SMILES string of the molecule is Cc1ccc(N2C(=O)/C(=C/c3ccc(OCc4ccccc4)cc3)SC2=S)cc1Cl. The lowest BCUT2D eigenvalue weighted by Crippen LogP contribution is -2.27. The number of nitrogens with zero attached hydrogens (tertiary/aromatic N) is 1. The molecule has 150 valence electrons. The van der Waals surface area contributed by atoms with Crippen LogP contribution in [0.25, 0.3) is 6.08 Å². The molecule has 0 unspecified atom stereocenters. The Hall–Kier alpha value is -2.60. The summed E-state index contributed by atoms with van der Waals surface area (Å²) in [5.74, 6) is 0.632. The molecule has 0 radical (unpaired) electrons. The second kappa shape index (κ2) is 9.04. The van der Waals surface area contributed by atoms with E-state index >= 15 is 0 Å². The minimum Gasteiger partial charge on any atom is -0.489 e. The van der Waals surface area contributed by atoms with Crippen molar-refractivity contribution in [3.63, 3.8) is 0 Å². The van der Waals surface area contributed by atoms with Gasteiger partial charge in [0.1, 0.15) is 12.4 Å². The molecular formula is C24H18ClNO2S2. The van der Waals surface area contributed by atoms with Gasteiger partial charge in [0.25, 0.3) is 5.91 Å². The standard InChI is InChI=1S/C24H18ClNO2S2/c1-16-7-10-19(14-21(16)25)26-23(27)22(30-24(26)29)13-17-8-11-20(12-9-17)28-15-18-5-3-2-4-6-18/h2-14H,15H2,1H3/b22-13-. The van der Waals surface area contributed by atoms with Gasteiger partial charge < -0.3 is 4.74 Å². The first kappa shape index (κ1) is 20.7. The molecule has 0 atom stereocenters. The molecule has 30 heavy (non-hydrogen) atoms. The van der Waals surface area contributed by atoms with Gasteiger partial charge in [0.15, 0.2) is 4.32 Å². The number of thiocarbonyl (C=S) groups is 1. The molecule has 0 bridgehead atoms. The fraction of sp³-hybridized carbons (Fsp3) is 0.0833. The van der Waals surface area contributed by atoms with Crippen molar-refractivity contribution in [3.05, 3.63) is 99.4 Å². The third-order valence-electron chi connectivity index (χ3n) is 4.63. The summed E-state index contributed by atoms with van der Waals surface area (Å²) in [6.45, 7) is 2.43. The summed E-state index contributed by atoms with van der Waals surface area (Å²) < 4.78 is 6.31. The van der Waals surface area contributed by atoms with E-state index in [1.165, 1.54) is 16.7 Å². The van der Waals surface area contributed by atoms with Gasteiger partial charge in [0.05, 0.1) is 10.6 Å². The molecule has 1 saturated heterocycles. The summed E-state index contributed by atoms with van der Waals surface area (Å²) in [5, 5.41) is 0.608. The highest BCUT2D eigenvalue weighted by molar-refractivity contribution is 8.27. The van der Waals surface area contributed by atoms with Crippen molar-refractivity contribution in [2.24, 2.45) is 0 Å². The second-order valence-corrected chi connectivity index (χ2v) is 8.88. The van der Waals surface area contributed by atoms with Crippen LogP contribution in [0.5, 0.6) is 5.75 Å². The van der Waals surface area contributed by atoms with Crippen LogP contribution in [-0.4, -0.2) is 10.2 Å². The average molecular weight is 452 g/mol. The maximum Gasteiger partial charge on any atom is 0.270 e. The molecule has 4 rings (SSSR count). The summed E-state index contributed by atoms with van der Waals surface area (Å²) >= 11 is 12.9. The van der Waals surface area contributed by atoms with E-state index in [0.29, 0.717) is 26.5 Å². The van der Waals surface area contributed by atoms with Crippen LogP contribution >= 0.6 is 35.6 Å². The number of aryl methyl sites for hydroxylation is 1. The lowest BCUT2D eigenvalue weighted by Gasteiger charge is -2.15. The largest absolute Gasteiger partial charge is 0.489 e. The molecule has 0 aliphatic carbocycles. The van der Waals surface area contributed by atoms with Gasteiger partial charge in [-0.1, -0.05) is 84.1 Å². The van der Waals surface area contributed by atoms with Crippen molar-refractivity contribution in [2.45, 2.75) is 13.5 Å². The first-order chi connectivity index (χ1) is 14.5. The molecule has 3 aromatic carbocycles. The summed E-state index contributed by atoms with van der Waals surface area (Å²) in [6, 6.07) is 23.2. The van der Waals surface area contributed by atoms with Gasteiger partial charge in [0, 0.05) is 5.02 Å². The highest BCUT2D eigenvalue weighted by Crippen LogP contribution is 2.37. The van der Waals surface area contributed by atoms with Crippen molar-refractivity contribution in [2.75, 3.05) is 4.90 Å². The topological polar surface area (TPSA) is 29.5 Å². The molecule has 0 aromatic heterocycles. The van der Waals surface area contributed by atoms with E-state index in [4.69, 9.17) is 28.6 Å². The number of hydrogen-bond donors (Lipinski definition) is 0. The Labute approximate surface area is 190 Å². The maximum absolute atomic E-state index is 12.9. The summed E-state index contributed by atoms with van der Waals surface area (Å²) in [5.41, 5.74) is 3.66. The van der Waals surface area contributed by atoms with Crippen LogP contribution in [0, 0.1) is 6.92 Å². The number of ether oxygens (including phenoxy) is 1. The molecule has 1 fully saturated rings. The van der Waals surface area contributed by atoms with E-state index in [2.05, 4.69) is 0 Å². The normalized spacial score (nSPS) is 15.1. The Bertz CT molecular complexity index is 1130. The zero-order chi connectivity index (χ0) is 21.1. The number of amides is 1. The quantitative estimate of drug-likeness (QED) is 0.321. The lowest BCUT2D eigenvalue weighted by atomic mass is 10.2. The summed E-state index contributed by atoms with van der Waals surface area (Å²) in [4.78, 5) is 15.0. The highest BCUT2D eigenvalue weighted by atomic mass is 35.5. The van der Waals surface area contributed by atoms with E-state index in [0.717, 1.165) is 22.4 Å². The lowest BCUT2D eigenvalue weighted by molar-refractivity contribution is -0.113. The third kappa shape index (κ3) is 4.59. The van der Waals surface area contributed by atoms with Crippen LogP contribution in [-0.2, 0) is 11.4 Å². The zero-order valence-electron chi connectivity index (χ0n) is 16.2. The van der Waals surface area contributed by atoms with E-state index in [9.17, 15) is 4.79 Å². The van der Waals surface area contributed by atoms with Gasteiger partial charge >= 0.3 is 0 Å². The second-order valence-electron chi connectivity index (χ2n) is 6.79. The molecule has 6 heteroatoms. The van der Waals surface area contributed by atoms with E-state index in [-0.39, 0.29) is 5.91 Å². The van der Waals surface area contributed by atoms with Crippen molar-refractivity contribution < 1.29 is 9.53 Å². The summed E-state index contributed by atoms with van der Waals surface area (Å²) in [7, 11) is 0. The Morgan fingerprint density at radius 2 is 1.80 bits per heavy atom. The van der Waals surface area contributed by atoms with E-state index < -0.39 is 0 Å². The smallest absolute Gasteiger partial charge is 0.270 e. The van der Waals surface area contributed by atoms with Crippen molar-refractivity contribution in [1.29, 1.82) is 0 Å². The van der Waals surface area contributed by atoms with Crippen LogP contribution in [0.15, 0.2) is 77.7 Å². The van der Waals surface area contributed by atoms with Crippen LogP contribution in [0.1, 0.15) is 16.7 Å². The molecular weight excluding hydrogens is 434 g/mol. The maximum atomic E-state index is 12.9. The highest BCUT2D eigenvalue weighted by Gasteiger charge is 2.33. The fourth-order valence-corrected chi connectivity index (χ4v) is 4.44. The van der Waals surface area contributed by atoms with Crippen LogP contribution in [0.4, 0.5) is 5.69 Å². The van der Waals surface area contributed by atoms with Gasteiger partial charge in [-0.3, -0.25) is 9.69 Å². The van der Waals surface area contributed by atoms with Gasteiger partial charge in [-0.2, -0.15) is 0 Å². The Kier molecular flexibility index (Phi) is 6.23. The predicted octanol–water partition coefficient (Wildman–Crippen LogP) is 6.63. The first-order valence-electron chi connectivity index (χ1n) is 9.32. The van der Waals surface area contributed by atoms with E-state index in [1.807, 2.05) is 79.7 Å². The molecule has 0 N–H and O–H groups in total. The number of benzene rings is 3. The fourth-order valence-electron chi connectivity index (χ4n) is 2.96. The van der Waals surface area contributed by atoms with Gasteiger partial charge in [-0.25, -0.2) is 0 Å². The number of carbonyl (C=O) groups is 1. The zero-order valence-corrected chi connectivity index (χ0v) is 18.6. The van der Waals surface area contributed by atoms with Gasteiger partial charge in [0.2, 0.25) is 0 Å². The monoisotopic (exact) mass is 451 g/mol. The van der Waals surface area contributed by atoms with Crippen molar-refractivity contribution in [1.82, 2.24) is 0 Å². The van der Waals surface area contributed by atoms with Crippen molar-refractivity contribution in [3.8, 4) is 5.75 Å². The Morgan fingerprint density at radius 1 is 1.07 bits per heavy atom. The number of thioether (sulfide) groups is 1. The molecule has 1 amide bonds. The number of anilines is 1. The minimum atomic E-state index is -0.144. The molecule has 1 aliphatic heterocycles. The molecule has 1 aliphatic rings. The predicted molar refractivity (Wildman–Crippen MR) is 129 cm³/mol. The third-order valence-corrected chi connectivity index (χ3v) is 6.34. The van der Waals surface area contributed by atoms with Gasteiger partial charge in [-0.05, 0) is 54.0 Å². The molecule has 3 aromatic rings. The number of halogens is 1. The average Bonchev–Trinajstić information content (AvgIpc) is 3.03.